The molecular weight excluding hydrogens is 357 g/mol. The molecule has 1 aromatic carbocycles. The van der Waals surface area contributed by atoms with Gasteiger partial charge in [-0.3, -0.25) is 4.79 Å². The van der Waals surface area contributed by atoms with Crippen molar-refractivity contribution in [2.24, 2.45) is 0 Å². The van der Waals surface area contributed by atoms with Gasteiger partial charge in [-0.1, -0.05) is 19.1 Å². The summed E-state index contributed by atoms with van der Waals surface area (Å²) in [5.74, 6) is 0.494. The summed E-state index contributed by atoms with van der Waals surface area (Å²) in [6, 6.07) is 4.84. The fourth-order valence-corrected chi connectivity index (χ4v) is 2.87. The van der Waals surface area contributed by atoms with Crippen LogP contribution in [0.25, 0.3) is 5.52 Å². The maximum absolute atomic E-state index is 12.7. The first-order valence-electron chi connectivity index (χ1n) is 7.44. The Morgan fingerprint density at radius 2 is 1.92 bits per heavy atom. The summed E-state index contributed by atoms with van der Waals surface area (Å²) < 4.78 is 39.5. The van der Waals surface area contributed by atoms with Crippen LogP contribution in [0.4, 0.5) is 13.2 Å². The van der Waals surface area contributed by atoms with Crippen molar-refractivity contribution in [2.45, 2.75) is 31.8 Å². The van der Waals surface area contributed by atoms with Crippen LogP contribution in [0.1, 0.15) is 41.3 Å². The second-order valence-electron chi connectivity index (χ2n) is 5.69. The Kier molecular flexibility index (Phi) is 4.32. The van der Waals surface area contributed by atoms with E-state index >= 15 is 0 Å². The number of imidazole rings is 1. The van der Waals surface area contributed by atoms with Crippen molar-refractivity contribution in [3.8, 4) is 0 Å². The van der Waals surface area contributed by atoms with E-state index in [0.717, 1.165) is 12.1 Å². The topological polar surface area (TPSA) is 63.1 Å². The van der Waals surface area contributed by atoms with E-state index in [1.54, 1.807) is 13.8 Å². The summed E-state index contributed by atoms with van der Waals surface area (Å²) in [4.78, 5) is 19.1. The first-order valence-corrected chi connectivity index (χ1v) is 7.97. The van der Waals surface area contributed by atoms with Crippen LogP contribution >= 0.6 is 11.6 Å². The van der Waals surface area contributed by atoms with Gasteiger partial charge in [0.2, 0.25) is 0 Å². The fourth-order valence-electron chi connectivity index (χ4n) is 2.69. The highest BCUT2D eigenvalue weighted by Crippen LogP contribution is 2.31. The summed E-state index contributed by atoms with van der Waals surface area (Å²) >= 11 is 5.87. The number of hydrogen-bond acceptors (Lipinski definition) is 3. The monoisotopic (exact) mass is 370 g/mol. The van der Waals surface area contributed by atoms with Crippen molar-refractivity contribution in [1.82, 2.24) is 19.6 Å². The molecule has 1 atom stereocenters. The fraction of sp³-hybridized carbons (Fsp3) is 0.312. The molecule has 9 heteroatoms. The number of nitrogens with zero attached hydrogens (tertiary/aromatic N) is 3. The minimum atomic E-state index is -4.39. The molecule has 2 aromatic heterocycles. The highest BCUT2D eigenvalue weighted by molar-refractivity contribution is 6.17. The first kappa shape index (κ1) is 17.5. The maximum atomic E-state index is 12.7. The second-order valence-corrected chi connectivity index (χ2v) is 5.96. The van der Waals surface area contributed by atoms with Gasteiger partial charge in [0.05, 0.1) is 17.1 Å². The van der Waals surface area contributed by atoms with Crippen molar-refractivity contribution in [3.63, 3.8) is 0 Å². The number of aromatic amines is 1. The molecule has 0 radical (unpaired) electrons. The zero-order chi connectivity index (χ0) is 18.4. The molecule has 5 nitrogen and oxygen atoms in total. The molecule has 0 saturated heterocycles. The summed E-state index contributed by atoms with van der Waals surface area (Å²) in [6.07, 6.45) is -4.39. The van der Waals surface area contributed by atoms with Gasteiger partial charge in [-0.05, 0) is 24.6 Å². The number of rotatable bonds is 3. The zero-order valence-electron chi connectivity index (χ0n) is 13.4. The molecule has 0 spiro atoms. The normalized spacial score (nSPS) is 13.4. The Bertz CT molecular complexity index is 976. The highest BCUT2D eigenvalue weighted by atomic mass is 35.5. The lowest BCUT2D eigenvalue weighted by Gasteiger charge is -2.12. The summed E-state index contributed by atoms with van der Waals surface area (Å²) in [5.41, 5.74) is 0.170. The molecule has 0 aliphatic carbocycles. The third kappa shape index (κ3) is 3.13. The van der Waals surface area contributed by atoms with E-state index in [1.807, 2.05) is 0 Å². The van der Waals surface area contributed by atoms with Crippen LogP contribution < -0.4 is 5.56 Å². The molecule has 3 rings (SSSR count). The molecule has 0 aliphatic heterocycles. The Labute approximate surface area is 145 Å². The van der Waals surface area contributed by atoms with Gasteiger partial charge in [0, 0.05) is 5.92 Å². The number of hydrogen-bond donors (Lipinski definition) is 1. The van der Waals surface area contributed by atoms with E-state index in [4.69, 9.17) is 11.6 Å². The molecule has 2 heterocycles. The third-order valence-electron chi connectivity index (χ3n) is 3.96. The number of benzene rings is 1. The Balaban J connectivity index is 2.11. The van der Waals surface area contributed by atoms with Gasteiger partial charge in [0.25, 0.3) is 5.56 Å². The number of H-pyrrole nitrogens is 1. The number of fused-ring (bicyclic) bond motifs is 1. The van der Waals surface area contributed by atoms with E-state index in [9.17, 15) is 18.0 Å². The van der Waals surface area contributed by atoms with Crippen LogP contribution in [0.3, 0.4) is 0 Å². The van der Waals surface area contributed by atoms with E-state index in [2.05, 4.69) is 15.1 Å². The first-order chi connectivity index (χ1) is 11.7. The summed E-state index contributed by atoms with van der Waals surface area (Å²) in [5, 5.41) is 4.27. The van der Waals surface area contributed by atoms with Crippen LogP contribution in [0.2, 0.25) is 0 Å². The Hall–Kier alpha value is -2.35. The van der Waals surface area contributed by atoms with Crippen LogP contribution in [-0.2, 0) is 12.1 Å². The Morgan fingerprint density at radius 3 is 2.48 bits per heavy atom. The number of aromatic nitrogens is 4. The maximum Gasteiger partial charge on any atom is 0.416 e. The van der Waals surface area contributed by atoms with Crippen molar-refractivity contribution < 1.29 is 13.2 Å². The quantitative estimate of drug-likeness (QED) is 0.716. The standard InChI is InChI=1S/C16H14ClF3N4O/c1-8(10-3-5-11(6-4-10)16(18,19)20)14-22-12(7-17)13-15(25)21-9(2)23-24(13)14/h3-6,8H,7H2,1-2H3,(H,21,23,25). The highest BCUT2D eigenvalue weighted by Gasteiger charge is 2.30. The van der Waals surface area contributed by atoms with Crippen LogP contribution in [0.15, 0.2) is 29.1 Å². The van der Waals surface area contributed by atoms with Gasteiger partial charge < -0.3 is 4.98 Å². The smallest absolute Gasteiger partial charge is 0.307 e. The van der Waals surface area contributed by atoms with Crippen molar-refractivity contribution in [2.75, 3.05) is 0 Å². The molecular formula is C16H14ClF3N4O. The SMILES string of the molecule is Cc1nn2c(C(C)c3ccc(C(F)(F)F)cc3)nc(CCl)c2c(=O)[nH]1. The molecule has 0 bridgehead atoms. The van der Waals surface area contributed by atoms with Gasteiger partial charge in [-0.25, -0.2) is 9.50 Å². The lowest BCUT2D eigenvalue weighted by atomic mass is 9.99. The summed E-state index contributed by atoms with van der Waals surface area (Å²) in [7, 11) is 0. The summed E-state index contributed by atoms with van der Waals surface area (Å²) in [6.45, 7) is 3.42. The van der Waals surface area contributed by atoms with E-state index in [1.165, 1.54) is 16.6 Å². The molecule has 0 saturated carbocycles. The largest absolute Gasteiger partial charge is 0.416 e. The van der Waals surface area contributed by atoms with Gasteiger partial charge >= 0.3 is 6.18 Å². The lowest BCUT2D eigenvalue weighted by Crippen LogP contribution is -2.16. The van der Waals surface area contributed by atoms with Crippen molar-refractivity contribution in [1.29, 1.82) is 0 Å². The number of alkyl halides is 4. The minimum absolute atomic E-state index is 0.0249. The van der Waals surface area contributed by atoms with E-state index in [-0.39, 0.29) is 22.9 Å². The number of aryl methyl sites for hydroxylation is 1. The minimum Gasteiger partial charge on any atom is -0.307 e. The second kappa shape index (κ2) is 6.18. The van der Waals surface area contributed by atoms with Crippen LogP contribution in [-0.4, -0.2) is 19.6 Å². The zero-order valence-corrected chi connectivity index (χ0v) is 14.1. The van der Waals surface area contributed by atoms with Gasteiger partial charge in [-0.2, -0.15) is 18.3 Å². The van der Waals surface area contributed by atoms with E-state index in [0.29, 0.717) is 22.9 Å². The molecule has 0 fully saturated rings. The van der Waals surface area contributed by atoms with Crippen molar-refractivity contribution >= 4 is 17.1 Å². The third-order valence-corrected chi connectivity index (χ3v) is 4.22. The van der Waals surface area contributed by atoms with E-state index < -0.39 is 11.7 Å². The van der Waals surface area contributed by atoms with Crippen LogP contribution in [0, 0.1) is 6.92 Å². The number of nitrogens with one attached hydrogen (secondary N) is 1. The Morgan fingerprint density at radius 1 is 1.28 bits per heavy atom. The lowest BCUT2D eigenvalue weighted by molar-refractivity contribution is -0.137. The molecule has 3 aromatic rings. The number of halogens is 4. The van der Waals surface area contributed by atoms with Crippen molar-refractivity contribution in [3.05, 3.63) is 63.1 Å². The molecule has 0 aliphatic rings. The van der Waals surface area contributed by atoms with Gasteiger partial charge in [-0.15, -0.1) is 11.6 Å². The predicted octanol–water partition coefficient (Wildman–Crippen LogP) is 3.64. The molecule has 25 heavy (non-hydrogen) atoms. The van der Waals surface area contributed by atoms with Crippen LogP contribution in [0.5, 0.6) is 0 Å². The molecule has 1 unspecified atom stereocenters. The average Bonchev–Trinajstić information content (AvgIpc) is 2.92. The molecule has 132 valence electrons. The van der Waals surface area contributed by atoms with Gasteiger partial charge in [0.1, 0.15) is 11.6 Å². The predicted molar refractivity (Wildman–Crippen MR) is 86.9 cm³/mol. The molecule has 1 N–H and O–H groups in total. The molecule has 0 amide bonds. The average molecular weight is 371 g/mol. The van der Waals surface area contributed by atoms with Gasteiger partial charge in [0.15, 0.2) is 5.52 Å².